The molecule has 0 spiro atoms. The number of fused-ring (bicyclic) bond motifs is 2. The van der Waals surface area contributed by atoms with E-state index in [0.717, 1.165) is 35.4 Å². The topological polar surface area (TPSA) is 79.8 Å². The zero-order valence-electron chi connectivity index (χ0n) is 17.0. The third-order valence-electron chi connectivity index (χ3n) is 6.40. The lowest BCUT2D eigenvalue weighted by atomic mass is 10.1. The minimum absolute atomic E-state index is 0.261. The molecule has 31 heavy (non-hydrogen) atoms. The van der Waals surface area contributed by atoms with Gasteiger partial charge in [-0.05, 0) is 31.0 Å². The summed E-state index contributed by atoms with van der Waals surface area (Å²) in [5.74, 6) is 0.583. The summed E-state index contributed by atoms with van der Waals surface area (Å²) in [5.41, 5.74) is 4.56. The average molecular weight is 442 g/mol. The number of nitrogens with zero attached hydrogens (tertiary/aromatic N) is 2. The molecule has 4 atom stereocenters. The second kappa shape index (κ2) is 7.67. The lowest BCUT2D eigenvalue weighted by Crippen LogP contribution is -2.34. The van der Waals surface area contributed by atoms with Crippen molar-refractivity contribution in [2.45, 2.75) is 37.3 Å². The summed E-state index contributed by atoms with van der Waals surface area (Å²) in [7, 11) is 0. The van der Waals surface area contributed by atoms with Crippen LogP contribution in [0.5, 0.6) is 5.88 Å². The highest BCUT2D eigenvalue weighted by atomic mass is 35.5. The summed E-state index contributed by atoms with van der Waals surface area (Å²) in [6.45, 7) is 2.89. The number of ether oxygens (including phenoxy) is 3. The van der Waals surface area contributed by atoms with E-state index >= 15 is 0 Å². The molecule has 3 aliphatic heterocycles. The van der Waals surface area contributed by atoms with Gasteiger partial charge in [-0.15, -0.1) is 0 Å². The van der Waals surface area contributed by atoms with Gasteiger partial charge >= 0.3 is 0 Å². The Kier molecular flexibility index (Phi) is 4.79. The first-order valence-corrected chi connectivity index (χ1v) is 11.2. The number of rotatable bonds is 4. The molecule has 8 heteroatoms. The number of anilines is 1. The van der Waals surface area contributed by atoms with Crippen LogP contribution in [0.2, 0.25) is 5.02 Å². The van der Waals surface area contributed by atoms with Crippen LogP contribution in [0.4, 0.5) is 5.69 Å². The van der Waals surface area contributed by atoms with Crippen LogP contribution < -0.4 is 9.64 Å². The maximum Gasteiger partial charge on any atom is 0.193 e. The fourth-order valence-corrected chi connectivity index (χ4v) is 5.05. The van der Waals surface area contributed by atoms with E-state index in [9.17, 15) is 5.11 Å². The first-order chi connectivity index (χ1) is 15.2. The number of pyridine rings is 1. The van der Waals surface area contributed by atoms with Crippen LogP contribution >= 0.6 is 11.6 Å². The van der Waals surface area contributed by atoms with Gasteiger partial charge in [0.1, 0.15) is 18.3 Å². The number of hydrogen-bond acceptors (Lipinski definition) is 6. The number of aromatic nitrogens is 2. The van der Waals surface area contributed by atoms with Crippen LogP contribution in [0.1, 0.15) is 12.8 Å². The minimum atomic E-state index is -0.596. The maximum absolute atomic E-state index is 9.90. The number of hydrogen-bond donors (Lipinski definition) is 2. The number of halogens is 1. The highest BCUT2D eigenvalue weighted by molar-refractivity contribution is 6.33. The van der Waals surface area contributed by atoms with E-state index in [1.807, 2.05) is 12.1 Å². The normalized spacial score (nSPS) is 27.9. The lowest BCUT2D eigenvalue weighted by molar-refractivity contribution is 0.00794. The van der Waals surface area contributed by atoms with Crippen LogP contribution in [0.15, 0.2) is 36.4 Å². The van der Waals surface area contributed by atoms with Crippen LogP contribution in [0.25, 0.3) is 22.3 Å². The van der Waals surface area contributed by atoms with Crippen LogP contribution in [0, 0.1) is 0 Å². The molecule has 2 N–H and O–H groups in total. The van der Waals surface area contributed by atoms with Crippen molar-refractivity contribution in [3.05, 3.63) is 41.4 Å². The Morgan fingerprint density at radius 2 is 1.84 bits per heavy atom. The molecule has 0 bridgehead atoms. The van der Waals surface area contributed by atoms with Crippen molar-refractivity contribution >= 4 is 28.3 Å². The third-order valence-corrected chi connectivity index (χ3v) is 6.69. The summed E-state index contributed by atoms with van der Waals surface area (Å²) in [6, 6.07) is 12.2. The predicted octanol–water partition coefficient (Wildman–Crippen LogP) is 3.39. The van der Waals surface area contributed by atoms with E-state index in [1.165, 1.54) is 18.5 Å². The smallest absolute Gasteiger partial charge is 0.193 e. The van der Waals surface area contributed by atoms with Gasteiger partial charge < -0.3 is 29.2 Å². The van der Waals surface area contributed by atoms with Gasteiger partial charge in [0.15, 0.2) is 12.0 Å². The van der Waals surface area contributed by atoms with E-state index < -0.39 is 6.10 Å². The summed E-state index contributed by atoms with van der Waals surface area (Å²) < 4.78 is 17.3. The van der Waals surface area contributed by atoms with Crippen molar-refractivity contribution in [3.8, 4) is 17.1 Å². The van der Waals surface area contributed by atoms with Gasteiger partial charge in [-0.3, -0.25) is 0 Å². The number of nitrogens with one attached hydrogen (secondary N) is 1. The Balaban J connectivity index is 1.24. The molecule has 3 unspecified atom stereocenters. The first kappa shape index (κ1) is 19.4. The second-order valence-corrected chi connectivity index (χ2v) is 8.85. The number of H-pyrrole nitrogens is 1. The van der Waals surface area contributed by atoms with Gasteiger partial charge in [-0.1, -0.05) is 23.7 Å². The zero-order chi connectivity index (χ0) is 20.9. The van der Waals surface area contributed by atoms with Gasteiger partial charge in [0.05, 0.1) is 35.0 Å². The van der Waals surface area contributed by atoms with Crippen molar-refractivity contribution in [2.24, 2.45) is 0 Å². The molecule has 0 radical (unpaired) electrons. The molecular formula is C23H24ClN3O4. The molecule has 3 aromatic rings. The van der Waals surface area contributed by atoms with Crippen LogP contribution in [0.3, 0.4) is 0 Å². The largest absolute Gasteiger partial charge is 0.470 e. The summed E-state index contributed by atoms with van der Waals surface area (Å²) in [4.78, 5) is 10.4. The van der Waals surface area contributed by atoms with Crippen molar-refractivity contribution in [3.63, 3.8) is 0 Å². The molecule has 6 rings (SSSR count). The molecular weight excluding hydrogens is 418 g/mol. The van der Waals surface area contributed by atoms with Crippen LogP contribution in [-0.2, 0) is 9.47 Å². The minimum Gasteiger partial charge on any atom is -0.470 e. The molecule has 3 aliphatic rings. The van der Waals surface area contributed by atoms with E-state index in [1.54, 1.807) is 0 Å². The lowest BCUT2D eigenvalue weighted by Gasteiger charge is -2.17. The number of aliphatic hydroxyl groups is 1. The Labute approximate surface area is 184 Å². The highest BCUT2D eigenvalue weighted by Crippen LogP contribution is 2.34. The fraction of sp³-hybridized carbons (Fsp3) is 0.435. The van der Waals surface area contributed by atoms with E-state index in [0.29, 0.717) is 17.5 Å². The molecule has 2 aromatic heterocycles. The Hall–Kier alpha value is -2.32. The van der Waals surface area contributed by atoms with Gasteiger partial charge in [0, 0.05) is 30.4 Å². The van der Waals surface area contributed by atoms with Gasteiger partial charge in [0.2, 0.25) is 0 Å². The molecule has 3 fully saturated rings. The van der Waals surface area contributed by atoms with Crippen LogP contribution in [-0.4, -0.2) is 65.8 Å². The molecule has 5 heterocycles. The second-order valence-electron chi connectivity index (χ2n) is 8.45. The van der Waals surface area contributed by atoms with E-state index in [4.69, 9.17) is 30.8 Å². The van der Waals surface area contributed by atoms with Crippen molar-refractivity contribution in [1.29, 1.82) is 0 Å². The fourth-order valence-electron chi connectivity index (χ4n) is 4.79. The number of aliphatic hydroxyl groups excluding tert-OH is 1. The molecule has 162 valence electrons. The zero-order valence-corrected chi connectivity index (χ0v) is 17.7. The standard InChI is InChI=1S/C23H24ClN3O4/c24-15-9-16-17(10-20(25-16)31-19-12-30-22-18(28)11-29-23(19)22)26-21(15)13-3-5-14(6-4-13)27-7-1-2-8-27/h3-6,9-10,18-19,22-23,25,28H,1-2,7-8,11-12H2/t18-,19?,22?,23?/m1/s1. The van der Waals surface area contributed by atoms with Gasteiger partial charge in [0.25, 0.3) is 0 Å². The summed E-state index contributed by atoms with van der Waals surface area (Å²) >= 11 is 6.57. The molecule has 3 saturated heterocycles. The van der Waals surface area contributed by atoms with Gasteiger partial charge in [-0.2, -0.15) is 0 Å². The summed E-state index contributed by atoms with van der Waals surface area (Å²) in [6.07, 6.45) is 1.06. The monoisotopic (exact) mass is 441 g/mol. The Bertz CT molecular complexity index is 1100. The molecule has 1 aromatic carbocycles. The third kappa shape index (κ3) is 3.46. The summed E-state index contributed by atoms with van der Waals surface area (Å²) in [5, 5.41) is 10.5. The SMILES string of the molecule is O[C@@H]1COC2C(Oc3cc4nc(-c5ccc(N6CCCC6)cc5)c(Cl)cc4[nH]3)COC21. The molecule has 0 amide bonds. The quantitative estimate of drug-likeness (QED) is 0.646. The number of aromatic amines is 1. The molecule has 7 nitrogen and oxygen atoms in total. The molecule has 0 saturated carbocycles. The van der Waals surface area contributed by atoms with Crippen molar-refractivity contribution < 1.29 is 19.3 Å². The van der Waals surface area contributed by atoms with E-state index in [-0.39, 0.29) is 24.9 Å². The first-order valence-electron chi connectivity index (χ1n) is 10.8. The van der Waals surface area contributed by atoms with Crippen molar-refractivity contribution in [1.82, 2.24) is 9.97 Å². The highest BCUT2D eigenvalue weighted by Gasteiger charge is 2.48. The Morgan fingerprint density at radius 1 is 1.06 bits per heavy atom. The maximum atomic E-state index is 9.90. The molecule has 0 aliphatic carbocycles. The van der Waals surface area contributed by atoms with Crippen molar-refractivity contribution in [2.75, 3.05) is 31.2 Å². The predicted molar refractivity (Wildman–Crippen MR) is 118 cm³/mol. The van der Waals surface area contributed by atoms with Gasteiger partial charge in [-0.25, -0.2) is 4.98 Å². The average Bonchev–Trinajstić information content (AvgIpc) is 3.55. The van der Waals surface area contributed by atoms with E-state index in [2.05, 4.69) is 34.1 Å². The Morgan fingerprint density at radius 3 is 2.65 bits per heavy atom. The number of benzene rings is 1.